The second kappa shape index (κ2) is 3.97. The van der Waals surface area contributed by atoms with Crippen molar-refractivity contribution >= 4 is 11.7 Å². The van der Waals surface area contributed by atoms with Crippen molar-refractivity contribution in [3.8, 4) is 0 Å². The third kappa shape index (κ3) is 1.67. The van der Waals surface area contributed by atoms with Crippen LogP contribution in [0.3, 0.4) is 0 Å². The summed E-state index contributed by atoms with van der Waals surface area (Å²) < 4.78 is 0. The summed E-state index contributed by atoms with van der Waals surface area (Å²) in [6, 6.07) is 2.46. The molecule has 1 aliphatic heterocycles. The number of carbonyl (C=O) groups is 1. The van der Waals surface area contributed by atoms with Crippen LogP contribution in [-0.2, 0) is 0 Å². The maximum Gasteiger partial charge on any atom is 0.339 e. The van der Waals surface area contributed by atoms with Crippen LogP contribution >= 0.6 is 0 Å². The number of rotatable bonds is 2. The quantitative estimate of drug-likeness (QED) is 0.870. The average Bonchev–Trinajstić information content (AvgIpc) is 2.88. The molecule has 1 aromatic heterocycles. The Morgan fingerprint density at radius 2 is 2.22 bits per heavy atom. The van der Waals surface area contributed by atoms with Crippen LogP contribution in [0.25, 0.3) is 0 Å². The van der Waals surface area contributed by atoms with Gasteiger partial charge in [0.25, 0.3) is 0 Å². The highest BCUT2D eigenvalue weighted by molar-refractivity contribution is 5.95. The van der Waals surface area contributed by atoms with Crippen LogP contribution in [-0.4, -0.2) is 28.6 Å². The van der Waals surface area contributed by atoms with Crippen LogP contribution < -0.4 is 4.90 Å². The molecule has 18 heavy (non-hydrogen) atoms. The monoisotopic (exact) mass is 246 g/mol. The summed E-state index contributed by atoms with van der Waals surface area (Å²) in [5.41, 5.74) is 2.78. The second-order valence-corrected chi connectivity index (χ2v) is 5.53. The van der Waals surface area contributed by atoms with E-state index >= 15 is 0 Å². The number of aromatic nitrogens is 1. The SMILES string of the molecule is Cc1cc(N2CC3CCC2C3)c(C(=O)O)c(C)n1. The number of hydrogen-bond acceptors (Lipinski definition) is 3. The molecular weight excluding hydrogens is 228 g/mol. The minimum atomic E-state index is -0.863. The molecule has 2 aliphatic rings. The Balaban J connectivity index is 2.08. The lowest BCUT2D eigenvalue weighted by atomic mass is 10.1. The summed E-state index contributed by atoms with van der Waals surface area (Å²) in [5, 5.41) is 9.40. The van der Waals surface area contributed by atoms with Crippen molar-refractivity contribution in [3.05, 3.63) is 23.0 Å². The number of pyridine rings is 1. The predicted molar refractivity (Wildman–Crippen MR) is 69.1 cm³/mol. The predicted octanol–water partition coefficient (Wildman–Crippen LogP) is 2.39. The first-order valence-electron chi connectivity index (χ1n) is 6.54. The Labute approximate surface area is 107 Å². The zero-order valence-electron chi connectivity index (χ0n) is 10.8. The Morgan fingerprint density at radius 1 is 1.44 bits per heavy atom. The van der Waals surface area contributed by atoms with E-state index in [0.29, 0.717) is 17.3 Å². The van der Waals surface area contributed by atoms with Gasteiger partial charge in [-0.05, 0) is 45.1 Å². The largest absolute Gasteiger partial charge is 0.478 e. The van der Waals surface area contributed by atoms with Crippen LogP contribution in [0.1, 0.15) is 41.0 Å². The maximum absolute atomic E-state index is 11.5. The highest BCUT2D eigenvalue weighted by Crippen LogP contribution is 2.41. The minimum Gasteiger partial charge on any atom is -0.478 e. The number of nitrogens with zero attached hydrogens (tertiary/aromatic N) is 2. The minimum absolute atomic E-state index is 0.383. The molecule has 4 nitrogen and oxygen atoms in total. The molecule has 2 atom stereocenters. The molecule has 1 N–H and O–H groups in total. The number of anilines is 1. The van der Waals surface area contributed by atoms with Crippen molar-refractivity contribution in [1.82, 2.24) is 4.98 Å². The van der Waals surface area contributed by atoms with E-state index in [1.165, 1.54) is 19.3 Å². The van der Waals surface area contributed by atoms with E-state index in [0.717, 1.165) is 23.8 Å². The van der Waals surface area contributed by atoms with Crippen molar-refractivity contribution in [2.24, 2.45) is 5.92 Å². The second-order valence-electron chi connectivity index (χ2n) is 5.53. The molecule has 0 amide bonds. The number of aromatic carboxylic acids is 1. The lowest BCUT2D eigenvalue weighted by molar-refractivity contribution is 0.0696. The summed E-state index contributed by atoms with van der Waals surface area (Å²) in [6.45, 7) is 4.72. The van der Waals surface area contributed by atoms with Gasteiger partial charge in [-0.3, -0.25) is 4.98 Å². The Kier molecular flexibility index (Phi) is 2.54. The van der Waals surface area contributed by atoms with Crippen LogP contribution in [0.5, 0.6) is 0 Å². The van der Waals surface area contributed by atoms with Crippen molar-refractivity contribution in [3.63, 3.8) is 0 Å². The van der Waals surface area contributed by atoms with Crippen molar-refractivity contribution < 1.29 is 9.90 Å². The van der Waals surface area contributed by atoms with Gasteiger partial charge in [-0.2, -0.15) is 0 Å². The molecular formula is C14H18N2O2. The van der Waals surface area contributed by atoms with Gasteiger partial charge in [0, 0.05) is 18.3 Å². The van der Waals surface area contributed by atoms with Gasteiger partial charge in [0.05, 0.1) is 11.4 Å². The number of carboxylic acid groups (broad SMARTS) is 1. The Bertz CT molecular complexity index is 513. The van der Waals surface area contributed by atoms with Crippen molar-refractivity contribution in [2.75, 3.05) is 11.4 Å². The molecule has 0 spiro atoms. The highest BCUT2D eigenvalue weighted by Gasteiger charge is 2.39. The molecule has 1 saturated heterocycles. The molecule has 2 fully saturated rings. The van der Waals surface area contributed by atoms with Gasteiger partial charge in [-0.25, -0.2) is 4.79 Å². The Hall–Kier alpha value is -1.58. The van der Waals surface area contributed by atoms with Gasteiger partial charge < -0.3 is 10.0 Å². The molecule has 3 rings (SSSR count). The van der Waals surface area contributed by atoms with Crippen molar-refractivity contribution in [2.45, 2.75) is 39.2 Å². The normalized spacial score (nSPS) is 25.8. The van der Waals surface area contributed by atoms with Gasteiger partial charge in [-0.1, -0.05) is 0 Å². The third-order valence-corrected chi connectivity index (χ3v) is 4.24. The first-order chi connectivity index (χ1) is 8.56. The molecule has 1 aliphatic carbocycles. The lowest BCUT2D eigenvalue weighted by Gasteiger charge is -2.30. The summed E-state index contributed by atoms with van der Waals surface area (Å²) in [7, 11) is 0. The Morgan fingerprint density at radius 3 is 2.78 bits per heavy atom. The molecule has 2 heterocycles. The van der Waals surface area contributed by atoms with E-state index < -0.39 is 5.97 Å². The number of fused-ring (bicyclic) bond motifs is 2. The molecule has 0 radical (unpaired) electrons. The van der Waals surface area contributed by atoms with E-state index in [9.17, 15) is 9.90 Å². The standard InChI is InChI=1S/C14H18N2O2/c1-8-5-12(13(14(17)18)9(2)15-8)16-7-10-3-4-11(16)6-10/h5,10-11H,3-4,6-7H2,1-2H3,(H,17,18). The van der Waals surface area contributed by atoms with Crippen LogP contribution in [0.4, 0.5) is 5.69 Å². The summed E-state index contributed by atoms with van der Waals surface area (Å²) in [4.78, 5) is 18.0. The zero-order valence-corrected chi connectivity index (χ0v) is 10.8. The van der Waals surface area contributed by atoms with Crippen LogP contribution in [0.2, 0.25) is 0 Å². The molecule has 1 saturated carbocycles. The molecule has 4 heteroatoms. The number of piperidine rings is 1. The smallest absolute Gasteiger partial charge is 0.339 e. The van der Waals surface area contributed by atoms with Gasteiger partial charge in [0.2, 0.25) is 0 Å². The van der Waals surface area contributed by atoms with E-state index in [1.54, 1.807) is 6.92 Å². The summed E-state index contributed by atoms with van der Waals surface area (Å²) in [6.07, 6.45) is 3.72. The van der Waals surface area contributed by atoms with Gasteiger partial charge in [0.1, 0.15) is 5.56 Å². The first kappa shape index (κ1) is 11.5. The lowest BCUT2D eigenvalue weighted by Crippen LogP contribution is -2.33. The molecule has 2 unspecified atom stereocenters. The zero-order chi connectivity index (χ0) is 12.9. The third-order valence-electron chi connectivity index (χ3n) is 4.24. The van der Waals surface area contributed by atoms with Crippen LogP contribution in [0, 0.1) is 19.8 Å². The van der Waals surface area contributed by atoms with Crippen LogP contribution in [0.15, 0.2) is 6.07 Å². The van der Waals surface area contributed by atoms with E-state index in [4.69, 9.17) is 0 Å². The molecule has 0 aromatic carbocycles. The molecule has 1 aromatic rings. The molecule has 96 valence electrons. The first-order valence-corrected chi connectivity index (χ1v) is 6.54. The number of aryl methyl sites for hydroxylation is 2. The fraction of sp³-hybridized carbons (Fsp3) is 0.571. The van der Waals surface area contributed by atoms with E-state index in [2.05, 4.69) is 9.88 Å². The number of carboxylic acids is 1. The van der Waals surface area contributed by atoms with Gasteiger partial charge >= 0.3 is 5.97 Å². The highest BCUT2D eigenvalue weighted by atomic mass is 16.4. The van der Waals surface area contributed by atoms with Crippen molar-refractivity contribution in [1.29, 1.82) is 0 Å². The van der Waals surface area contributed by atoms with Gasteiger partial charge in [-0.15, -0.1) is 0 Å². The fourth-order valence-electron chi connectivity index (χ4n) is 3.52. The summed E-state index contributed by atoms with van der Waals surface area (Å²) in [5.74, 6) is -0.108. The average molecular weight is 246 g/mol. The van der Waals surface area contributed by atoms with E-state index in [-0.39, 0.29) is 0 Å². The number of hydrogen-bond donors (Lipinski definition) is 1. The topological polar surface area (TPSA) is 53.4 Å². The fourth-order valence-corrected chi connectivity index (χ4v) is 3.52. The summed E-state index contributed by atoms with van der Waals surface area (Å²) >= 11 is 0. The van der Waals surface area contributed by atoms with Gasteiger partial charge in [0.15, 0.2) is 0 Å². The maximum atomic E-state index is 11.5. The van der Waals surface area contributed by atoms with E-state index in [1.807, 2.05) is 13.0 Å². The molecule has 2 bridgehead atoms.